The number of aliphatic hydroxyl groups excluding tert-OH is 1. The lowest BCUT2D eigenvalue weighted by molar-refractivity contribution is 0.0754. The average molecular weight is 546 g/mol. The fraction of sp³-hybridized carbons (Fsp3) is 0.394. The molecule has 3 rings (SSSR count). The lowest BCUT2D eigenvalue weighted by atomic mass is 9.99. The van der Waals surface area contributed by atoms with E-state index in [9.17, 15) is 14.7 Å². The second kappa shape index (κ2) is 15.8. The molecule has 0 saturated heterocycles. The van der Waals surface area contributed by atoms with Crippen LogP contribution in [0.5, 0.6) is 5.75 Å². The van der Waals surface area contributed by atoms with E-state index in [0.717, 1.165) is 35.3 Å². The molecule has 0 saturated carbocycles. The maximum atomic E-state index is 13.4. The summed E-state index contributed by atoms with van der Waals surface area (Å²) in [5.74, 6) is 0.398. The number of aryl methyl sites for hydroxylation is 1. The molecule has 0 aliphatic rings. The third-order valence-corrected chi connectivity index (χ3v) is 6.90. The topological polar surface area (TPSA) is 90.9 Å². The Morgan fingerprint density at radius 1 is 0.925 bits per heavy atom. The van der Waals surface area contributed by atoms with E-state index in [1.807, 2.05) is 72.5 Å². The molecule has 7 nitrogen and oxygen atoms in total. The first-order valence-electron chi connectivity index (χ1n) is 14.1. The highest BCUT2D eigenvalue weighted by atomic mass is 16.5. The summed E-state index contributed by atoms with van der Waals surface area (Å²) in [5, 5.41) is 17.5. The SMILES string of the molecule is CCCN(CCC)C(=O)c1cc(C(=O)N[C@@H](Cc2ccccc2)[C@H](O)CNCc2cccc(OC)c2)ccc1C. The average Bonchev–Trinajstić information content (AvgIpc) is 2.97. The molecule has 0 spiro atoms. The normalized spacial score (nSPS) is 12.4. The number of aliphatic hydroxyl groups is 1. The van der Waals surface area contributed by atoms with Gasteiger partial charge in [0.1, 0.15) is 5.75 Å². The molecule has 2 atom stereocenters. The predicted molar refractivity (Wildman–Crippen MR) is 160 cm³/mol. The van der Waals surface area contributed by atoms with Crippen molar-refractivity contribution < 1.29 is 19.4 Å². The van der Waals surface area contributed by atoms with Crippen LogP contribution in [-0.4, -0.2) is 60.7 Å². The van der Waals surface area contributed by atoms with Crippen molar-refractivity contribution >= 4 is 11.8 Å². The van der Waals surface area contributed by atoms with Crippen molar-refractivity contribution in [3.63, 3.8) is 0 Å². The second-order valence-corrected chi connectivity index (χ2v) is 10.1. The fourth-order valence-corrected chi connectivity index (χ4v) is 4.71. The molecule has 3 aromatic rings. The molecule has 3 N–H and O–H groups in total. The van der Waals surface area contributed by atoms with Crippen molar-refractivity contribution in [3.8, 4) is 5.75 Å². The van der Waals surface area contributed by atoms with Crippen molar-refractivity contribution in [1.29, 1.82) is 0 Å². The Labute approximate surface area is 238 Å². The quantitative estimate of drug-likeness (QED) is 0.256. The van der Waals surface area contributed by atoms with Gasteiger partial charge in [0.05, 0.1) is 19.3 Å². The summed E-state index contributed by atoms with van der Waals surface area (Å²) < 4.78 is 5.29. The Morgan fingerprint density at radius 3 is 2.30 bits per heavy atom. The molecule has 0 radical (unpaired) electrons. The van der Waals surface area contributed by atoms with Crippen LogP contribution in [0.15, 0.2) is 72.8 Å². The fourth-order valence-electron chi connectivity index (χ4n) is 4.71. The number of ether oxygens (including phenoxy) is 1. The van der Waals surface area contributed by atoms with Crippen LogP contribution in [0, 0.1) is 6.92 Å². The van der Waals surface area contributed by atoms with Gasteiger partial charge in [0, 0.05) is 37.3 Å². The van der Waals surface area contributed by atoms with Gasteiger partial charge in [0.2, 0.25) is 0 Å². The Hall–Kier alpha value is -3.68. The van der Waals surface area contributed by atoms with Gasteiger partial charge in [-0.2, -0.15) is 0 Å². The molecule has 0 bridgehead atoms. The lowest BCUT2D eigenvalue weighted by Crippen LogP contribution is -2.48. The van der Waals surface area contributed by atoms with Crippen molar-refractivity contribution in [2.24, 2.45) is 0 Å². The van der Waals surface area contributed by atoms with Gasteiger partial charge in [0.25, 0.3) is 11.8 Å². The Balaban J connectivity index is 1.75. The van der Waals surface area contributed by atoms with Crippen LogP contribution in [0.4, 0.5) is 0 Å². The van der Waals surface area contributed by atoms with E-state index in [0.29, 0.717) is 37.2 Å². The summed E-state index contributed by atoms with van der Waals surface area (Å²) in [6, 6.07) is 22.2. The van der Waals surface area contributed by atoms with Gasteiger partial charge in [-0.1, -0.05) is 62.4 Å². The molecule has 0 aliphatic carbocycles. The van der Waals surface area contributed by atoms with Crippen LogP contribution in [0.2, 0.25) is 0 Å². The summed E-state index contributed by atoms with van der Waals surface area (Å²) in [7, 11) is 1.63. The van der Waals surface area contributed by atoms with Gasteiger partial charge >= 0.3 is 0 Å². The summed E-state index contributed by atoms with van der Waals surface area (Å²) in [6.45, 7) is 8.19. The standard InChI is InChI=1S/C33H43N3O4/c1-5-17-36(18-6-2)33(39)29-21-27(16-15-24(29)3)32(38)35-30(20-25-11-8-7-9-12-25)31(37)23-34-22-26-13-10-14-28(19-26)40-4/h7-16,19,21,30-31,34,37H,5-6,17-18,20,22-23H2,1-4H3,(H,35,38)/t30-,31+/m0/s1. The molecule has 2 amide bonds. The number of amides is 2. The second-order valence-electron chi connectivity index (χ2n) is 10.1. The van der Waals surface area contributed by atoms with Crippen LogP contribution in [0.3, 0.4) is 0 Å². The molecule has 214 valence electrons. The highest BCUT2D eigenvalue weighted by molar-refractivity contribution is 6.00. The number of methoxy groups -OCH3 is 1. The summed E-state index contributed by atoms with van der Waals surface area (Å²) >= 11 is 0. The van der Waals surface area contributed by atoms with E-state index in [2.05, 4.69) is 24.5 Å². The summed E-state index contributed by atoms with van der Waals surface area (Å²) in [4.78, 5) is 28.6. The number of rotatable bonds is 15. The number of nitrogens with zero attached hydrogens (tertiary/aromatic N) is 1. The molecular weight excluding hydrogens is 502 g/mol. The zero-order valence-corrected chi connectivity index (χ0v) is 24.2. The number of carbonyl (C=O) groups is 2. The van der Waals surface area contributed by atoms with E-state index in [-0.39, 0.29) is 18.4 Å². The molecule has 40 heavy (non-hydrogen) atoms. The van der Waals surface area contributed by atoms with Gasteiger partial charge in [-0.05, 0) is 67.1 Å². The largest absolute Gasteiger partial charge is 0.497 e. The molecule has 0 heterocycles. The van der Waals surface area contributed by atoms with Crippen molar-refractivity contribution in [3.05, 3.63) is 101 Å². The minimum Gasteiger partial charge on any atom is -0.497 e. The van der Waals surface area contributed by atoms with E-state index in [1.54, 1.807) is 19.2 Å². The first kappa shape index (κ1) is 30.9. The number of nitrogens with one attached hydrogen (secondary N) is 2. The third kappa shape index (κ3) is 8.93. The van der Waals surface area contributed by atoms with Gasteiger partial charge in [-0.3, -0.25) is 9.59 Å². The Bertz CT molecular complexity index is 1230. The zero-order valence-electron chi connectivity index (χ0n) is 24.2. The summed E-state index contributed by atoms with van der Waals surface area (Å²) in [5.41, 5.74) is 3.81. The zero-order chi connectivity index (χ0) is 28.9. The van der Waals surface area contributed by atoms with Gasteiger partial charge in [-0.15, -0.1) is 0 Å². The highest BCUT2D eigenvalue weighted by Crippen LogP contribution is 2.17. The number of carbonyl (C=O) groups excluding carboxylic acids is 2. The van der Waals surface area contributed by atoms with E-state index >= 15 is 0 Å². The van der Waals surface area contributed by atoms with Crippen LogP contribution in [-0.2, 0) is 13.0 Å². The highest BCUT2D eigenvalue weighted by Gasteiger charge is 2.24. The number of hydrogen-bond acceptors (Lipinski definition) is 5. The maximum Gasteiger partial charge on any atom is 0.254 e. The molecule has 3 aromatic carbocycles. The van der Waals surface area contributed by atoms with E-state index in [1.165, 1.54) is 0 Å². The minimum atomic E-state index is -0.842. The van der Waals surface area contributed by atoms with Crippen LogP contribution >= 0.6 is 0 Å². The van der Waals surface area contributed by atoms with Crippen LogP contribution < -0.4 is 15.4 Å². The molecular formula is C33H43N3O4. The molecule has 0 fully saturated rings. The number of hydrogen-bond donors (Lipinski definition) is 3. The summed E-state index contributed by atoms with van der Waals surface area (Å²) in [6.07, 6.45) is 1.37. The minimum absolute atomic E-state index is 0.0570. The molecule has 0 aliphatic heterocycles. The van der Waals surface area contributed by atoms with E-state index in [4.69, 9.17) is 4.74 Å². The van der Waals surface area contributed by atoms with Crippen molar-refractivity contribution in [1.82, 2.24) is 15.5 Å². The van der Waals surface area contributed by atoms with Crippen molar-refractivity contribution in [2.75, 3.05) is 26.7 Å². The van der Waals surface area contributed by atoms with Crippen LogP contribution in [0.1, 0.15) is 64.1 Å². The predicted octanol–water partition coefficient (Wildman–Crippen LogP) is 4.76. The number of benzene rings is 3. The Kier molecular flexibility index (Phi) is 12.2. The monoisotopic (exact) mass is 545 g/mol. The molecule has 0 aromatic heterocycles. The molecule has 7 heteroatoms. The van der Waals surface area contributed by atoms with Crippen molar-refractivity contribution in [2.45, 2.75) is 58.7 Å². The lowest BCUT2D eigenvalue weighted by Gasteiger charge is -2.25. The smallest absolute Gasteiger partial charge is 0.254 e. The first-order chi connectivity index (χ1) is 19.4. The van der Waals surface area contributed by atoms with Gasteiger partial charge < -0.3 is 25.4 Å². The Morgan fingerprint density at radius 2 is 1.62 bits per heavy atom. The molecule has 0 unspecified atom stereocenters. The van der Waals surface area contributed by atoms with Gasteiger partial charge in [-0.25, -0.2) is 0 Å². The van der Waals surface area contributed by atoms with Crippen LogP contribution in [0.25, 0.3) is 0 Å². The van der Waals surface area contributed by atoms with E-state index < -0.39 is 12.1 Å². The first-order valence-corrected chi connectivity index (χ1v) is 14.1. The maximum absolute atomic E-state index is 13.4. The van der Waals surface area contributed by atoms with Gasteiger partial charge in [0.15, 0.2) is 0 Å². The third-order valence-electron chi connectivity index (χ3n) is 6.90.